The second-order valence-corrected chi connectivity index (χ2v) is 7.61. The van der Waals surface area contributed by atoms with Gasteiger partial charge in [0.2, 0.25) is 11.9 Å². The van der Waals surface area contributed by atoms with Crippen molar-refractivity contribution < 1.29 is 19.2 Å². The first-order chi connectivity index (χ1) is 14.0. The predicted octanol–water partition coefficient (Wildman–Crippen LogP) is 3.28. The Balaban J connectivity index is 1.88. The Morgan fingerprint density at radius 3 is 2.59 bits per heavy atom. The van der Waals surface area contributed by atoms with E-state index in [2.05, 4.69) is 5.32 Å². The van der Waals surface area contributed by atoms with E-state index in [1.54, 1.807) is 6.92 Å². The van der Waals surface area contributed by atoms with E-state index in [1.807, 2.05) is 54.6 Å². The molecule has 0 bridgehead atoms. The molecule has 29 heavy (non-hydrogen) atoms. The summed E-state index contributed by atoms with van der Waals surface area (Å²) in [6.45, 7) is 1.91. The minimum atomic E-state index is -1.09. The van der Waals surface area contributed by atoms with E-state index >= 15 is 0 Å². The lowest BCUT2D eigenvalue weighted by Gasteiger charge is -2.29. The summed E-state index contributed by atoms with van der Waals surface area (Å²) in [4.78, 5) is 37.4. The SMILES string of the molecule is CCOC(=O)C[C@@H]1C[C@]2(C(=O)Nc3ccccc32)[C@@H](c2ccccc2)[C@@H]1[N+](=O)[O-]. The summed E-state index contributed by atoms with van der Waals surface area (Å²) in [6, 6.07) is 15.4. The number of carbonyl (C=O) groups is 2. The van der Waals surface area contributed by atoms with Gasteiger partial charge < -0.3 is 10.1 Å². The molecule has 2 aromatic carbocycles. The zero-order chi connectivity index (χ0) is 20.6. The van der Waals surface area contributed by atoms with Crippen molar-refractivity contribution >= 4 is 17.6 Å². The lowest BCUT2D eigenvalue weighted by atomic mass is 9.69. The molecule has 4 atom stereocenters. The fourth-order valence-corrected chi connectivity index (χ4v) is 5.14. The first kappa shape index (κ1) is 19.1. The number of benzene rings is 2. The molecule has 1 N–H and O–H groups in total. The van der Waals surface area contributed by atoms with E-state index in [0.717, 1.165) is 11.1 Å². The summed E-state index contributed by atoms with van der Waals surface area (Å²) in [5, 5.41) is 15.1. The van der Waals surface area contributed by atoms with Gasteiger partial charge in [0, 0.05) is 16.5 Å². The molecule has 0 saturated heterocycles. The zero-order valence-electron chi connectivity index (χ0n) is 16.0. The third-order valence-electron chi connectivity index (χ3n) is 6.14. The fraction of sp³-hybridized carbons (Fsp3) is 0.364. The molecule has 1 saturated carbocycles. The molecular weight excluding hydrogens is 372 g/mol. The third kappa shape index (κ3) is 2.97. The number of hydrogen-bond donors (Lipinski definition) is 1. The lowest BCUT2D eigenvalue weighted by molar-refractivity contribution is -0.532. The van der Waals surface area contributed by atoms with E-state index in [-0.39, 0.29) is 30.3 Å². The number of para-hydroxylation sites is 1. The minimum absolute atomic E-state index is 0.0833. The van der Waals surface area contributed by atoms with Crippen LogP contribution in [0.4, 0.5) is 5.69 Å². The topological polar surface area (TPSA) is 98.5 Å². The molecule has 2 aromatic rings. The molecule has 2 aliphatic rings. The van der Waals surface area contributed by atoms with E-state index in [9.17, 15) is 19.7 Å². The molecular formula is C22H22N2O5. The number of rotatable bonds is 5. The van der Waals surface area contributed by atoms with Crippen molar-refractivity contribution in [2.24, 2.45) is 5.92 Å². The van der Waals surface area contributed by atoms with Crippen molar-refractivity contribution in [2.75, 3.05) is 11.9 Å². The molecule has 1 aliphatic carbocycles. The van der Waals surface area contributed by atoms with Crippen LogP contribution in [0.2, 0.25) is 0 Å². The van der Waals surface area contributed by atoms with Crippen LogP contribution in [0.25, 0.3) is 0 Å². The van der Waals surface area contributed by atoms with Gasteiger partial charge in [0.05, 0.1) is 24.4 Å². The monoisotopic (exact) mass is 394 g/mol. The van der Waals surface area contributed by atoms with Crippen molar-refractivity contribution in [2.45, 2.75) is 37.1 Å². The van der Waals surface area contributed by atoms with Gasteiger partial charge >= 0.3 is 5.97 Å². The summed E-state index contributed by atoms with van der Waals surface area (Å²) in [5.74, 6) is -2.00. The quantitative estimate of drug-likeness (QED) is 0.477. The highest BCUT2D eigenvalue weighted by molar-refractivity contribution is 6.07. The van der Waals surface area contributed by atoms with Crippen LogP contribution in [0, 0.1) is 16.0 Å². The van der Waals surface area contributed by atoms with Gasteiger partial charge in [0.1, 0.15) is 0 Å². The maximum Gasteiger partial charge on any atom is 0.306 e. The van der Waals surface area contributed by atoms with Crippen LogP contribution in [0.1, 0.15) is 36.8 Å². The molecule has 7 nitrogen and oxygen atoms in total. The van der Waals surface area contributed by atoms with Crippen LogP contribution in [0.5, 0.6) is 0 Å². The molecule has 1 spiro atoms. The van der Waals surface area contributed by atoms with Gasteiger partial charge in [-0.05, 0) is 30.5 Å². The van der Waals surface area contributed by atoms with Gasteiger partial charge in [-0.2, -0.15) is 0 Å². The predicted molar refractivity (Wildman–Crippen MR) is 106 cm³/mol. The molecule has 4 rings (SSSR count). The van der Waals surface area contributed by atoms with Gasteiger partial charge in [-0.25, -0.2) is 0 Å². The van der Waals surface area contributed by atoms with E-state index in [0.29, 0.717) is 5.69 Å². The summed E-state index contributed by atoms with van der Waals surface area (Å²) < 4.78 is 5.06. The van der Waals surface area contributed by atoms with E-state index < -0.39 is 29.3 Å². The molecule has 0 unspecified atom stereocenters. The Morgan fingerprint density at radius 1 is 1.21 bits per heavy atom. The number of nitrogens with zero attached hydrogens (tertiary/aromatic N) is 1. The average Bonchev–Trinajstić information content (AvgIpc) is 3.18. The highest BCUT2D eigenvalue weighted by Crippen LogP contribution is 2.59. The van der Waals surface area contributed by atoms with Gasteiger partial charge in [-0.3, -0.25) is 19.7 Å². The number of anilines is 1. The number of esters is 1. The smallest absolute Gasteiger partial charge is 0.306 e. The number of hydrogen-bond acceptors (Lipinski definition) is 5. The van der Waals surface area contributed by atoms with Crippen LogP contribution in [-0.4, -0.2) is 29.4 Å². The van der Waals surface area contributed by atoms with Crippen LogP contribution >= 0.6 is 0 Å². The Kier molecular flexibility index (Phi) is 4.82. The molecule has 1 amide bonds. The second-order valence-electron chi connectivity index (χ2n) is 7.61. The molecule has 7 heteroatoms. The summed E-state index contributed by atoms with van der Waals surface area (Å²) in [5.41, 5.74) is 1.08. The van der Waals surface area contributed by atoms with Gasteiger partial charge in [-0.1, -0.05) is 48.5 Å². The molecule has 0 radical (unpaired) electrons. The standard InChI is InChI=1S/C22H22N2O5/c1-2-29-18(25)12-15-13-22(16-10-6-7-11-17(16)23-21(22)26)19(20(15)24(27)28)14-8-4-3-5-9-14/h3-11,15,19-20H,2,12-13H2,1H3,(H,23,26)/t15-,19+,20-,22-/m1/s1. The molecule has 150 valence electrons. The molecule has 1 aliphatic heterocycles. The number of nitrogens with one attached hydrogen (secondary N) is 1. The Morgan fingerprint density at radius 2 is 1.90 bits per heavy atom. The Hall–Kier alpha value is -3.22. The lowest BCUT2D eigenvalue weighted by Crippen LogP contribution is -2.41. The normalized spacial score (nSPS) is 27.5. The number of nitro groups is 1. The average molecular weight is 394 g/mol. The summed E-state index contributed by atoms with van der Waals surface area (Å²) in [6.07, 6.45) is 0.139. The first-order valence-corrected chi connectivity index (χ1v) is 9.74. The minimum Gasteiger partial charge on any atom is -0.466 e. The maximum atomic E-state index is 13.3. The van der Waals surface area contributed by atoms with Crippen LogP contribution in [0.15, 0.2) is 54.6 Å². The van der Waals surface area contributed by atoms with Crippen molar-refractivity contribution in [3.8, 4) is 0 Å². The summed E-state index contributed by atoms with van der Waals surface area (Å²) >= 11 is 0. The first-order valence-electron chi connectivity index (χ1n) is 9.74. The van der Waals surface area contributed by atoms with Gasteiger partial charge in [0.25, 0.3) is 0 Å². The number of carbonyl (C=O) groups excluding carboxylic acids is 2. The fourth-order valence-electron chi connectivity index (χ4n) is 5.14. The second kappa shape index (κ2) is 7.31. The van der Waals surface area contributed by atoms with Crippen LogP contribution < -0.4 is 5.32 Å². The van der Waals surface area contributed by atoms with Crippen LogP contribution in [0.3, 0.4) is 0 Å². The van der Waals surface area contributed by atoms with Gasteiger partial charge in [-0.15, -0.1) is 0 Å². The number of amides is 1. The molecule has 0 aromatic heterocycles. The zero-order valence-corrected chi connectivity index (χ0v) is 16.0. The van der Waals surface area contributed by atoms with E-state index in [4.69, 9.17) is 4.74 Å². The Labute approximate surface area is 168 Å². The van der Waals surface area contributed by atoms with Gasteiger partial charge in [0.15, 0.2) is 0 Å². The number of fused-ring (bicyclic) bond motifs is 2. The third-order valence-corrected chi connectivity index (χ3v) is 6.14. The number of ether oxygens (including phenoxy) is 1. The van der Waals surface area contributed by atoms with Crippen molar-refractivity contribution in [1.29, 1.82) is 0 Å². The highest BCUT2D eigenvalue weighted by Gasteiger charge is 2.66. The Bertz CT molecular complexity index is 961. The maximum absolute atomic E-state index is 13.3. The highest BCUT2D eigenvalue weighted by atomic mass is 16.6. The molecule has 1 fully saturated rings. The van der Waals surface area contributed by atoms with Crippen LogP contribution in [-0.2, 0) is 19.7 Å². The largest absolute Gasteiger partial charge is 0.466 e. The van der Waals surface area contributed by atoms with Crippen molar-refractivity contribution in [1.82, 2.24) is 0 Å². The van der Waals surface area contributed by atoms with E-state index in [1.165, 1.54) is 0 Å². The summed E-state index contributed by atoms with van der Waals surface area (Å²) in [7, 11) is 0. The molecule has 1 heterocycles. The van der Waals surface area contributed by atoms with Crippen molar-refractivity contribution in [3.05, 3.63) is 75.8 Å². The van der Waals surface area contributed by atoms with Crippen molar-refractivity contribution in [3.63, 3.8) is 0 Å².